The third-order valence-corrected chi connectivity index (χ3v) is 3.83. The van der Waals surface area contributed by atoms with Crippen LogP contribution in [0.3, 0.4) is 0 Å². The van der Waals surface area contributed by atoms with Crippen LogP contribution in [0.5, 0.6) is 11.5 Å². The molecule has 26 heavy (non-hydrogen) atoms. The van der Waals surface area contributed by atoms with Gasteiger partial charge in [-0.1, -0.05) is 12.1 Å². The summed E-state index contributed by atoms with van der Waals surface area (Å²) < 4.78 is 12.7. The van der Waals surface area contributed by atoms with Crippen LogP contribution in [-0.4, -0.2) is 34.8 Å². The largest absolute Gasteiger partial charge is 0.497 e. The number of H-pyrrole nitrogens is 1. The van der Waals surface area contributed by atoms with Crippen LogP contribution in [0, 0.1) is 4.77 Å². The summed E-state index contributed by atoms with van der Waals surface area (Å²) in [6.07, 6.45) is 1.68. The van der Waals surface area contributed by atoms with E-state index in [2.05, 4.69) is 20.8 Å². The van der Waals surface area contributed by atoms with Gasteiger partial charge in [0.15, 0.2) is 5.82 Å². The molecule has 0 amide bonds. The van der Waals surface area contributed by atoms with Crippen molar-refractivity contribution in [2.45, 2.75) is 6.92 Å². The molecule has 0 aliphatic carbocycles. The topological polar surface area (TPSA) is 76.5 Å². The van der Waals surface area contributed by atoms with Crippen molar-refractivity contribution in [2.75, 3.05) is 19.3 Å². The van der Waals surface area contributed by atoms with Gasteiger partial charge in [0, 0.05) is 5.56 Å². The van der Waals surface area contributed by atoms with Crippen molar-refractivity contribution in [3.05, 3.63) is 58.9 Å². The Morgan fingerprint density at radius 3 is 2.77 bits per heavy atom. The fraction of sp³-hybridized carbons (Fsp3) is 0.167. The van der Waals surface area contributed by atoms with Gasteiger partial charge in [-0.05, 0) is 61.1 Å². The van der Waals surface area contributed by atoms with Crippen molar-refractivity contribution in [3.63, 3.8) is 0 Å². The van der Waals surface area contributed by atoms with Crippen molar-refractivity contribution in [1.29, 1.82) is 0 Å². The van der Waals surface area contributed by atoms with E-state index in [1.54, 1.807) is 18.0 Å². The first-order chi connectivity index (χ1) is 12.7. The van der Waals surface area contributed by atoms with Gasteiger partial charge in [-0.2, -0.15) is 14.9 Å². The molecule has 0 bridgehead atoms. The smallest absolute Gasteiger partial charge is 0.216 e. The molecule has 2 aromatic carbocycles. The summed E-state index contributed by atoms with van der Waals surface area (Å²) in [5, 5.41) is 11.3. The first kappa shape index (κ1) is 17.7. The van der Waals surface area contributed by atoms with Gasteiger partial charge in [0.2, 0.25) is 4.77 Å². The van der Waals surface area contributed by atoms with Crippen LogP contribution in [0.25, 0.3) is 11.4 Å². The fourth-order valence-corrected chi connectivity index (χ4v) is 2.51. The maximum atomic E-state index is 5.46. The van der Waals surface area contributed by atoms with Crippen LogP contribution >= 0.6 is 12.2 Å². The fourth-order valence-electron chi connectivity index (χ4n) is 2.33. The second kappa shape index (κ2) is 8.30. The molecular weight excluding hydrogens is 350 g/mol. The highest BCUT2D eigenvalue weighted by Crippen LogP contribution is 2.20. The molecule has 3 rings (SSSR count). The summed E-state index contributed by atoms with van der Waals surface area (Å²) >= 11 is 5.27. The van der Waals surface area contributed by atoms with Crippen molar-refractivity contribution in [1.82, 2.24) is 14.9 Å². The Kier molecular flexibility index (Phi) is 5.65. The molecule has 7 nitrogen and oxygen atoms in total. The minimum atomic E-state index is 0.414. The number of hydrogen-bond donors (Lipinski definition) is 2. The van der Waals surface area contributed by atoms with E-state index in [9.17, 15) is 0 Å². The highest BCUT2D eigenvalue weighted by Gasteiger charge is 2.08. The van der Waals surface area contributed by atoms with Gasteiger partial charge in [0.25, 0.3) is 0 Å². The average molecular weight is 369 g/mol. The third-order valence-electron chi connectivity index (χ3n) is 3.56. The number of nitrogens with zero attached hydrogens (tertiary/aromatic N) is 3. The second-order valence-electron chi connectivity index (χ2n) is 5.28. The number of hydrogen-bond acceptors (Lipinski definition) is 6. The lowest BCUT2D eigenvalue weighted by atomic mass is 10.2. The first-order valence-corrected chi connectivity index (χ1v) is 8.46. The molecular formula is C18H19N5O2S. The number of ether oxygens (including phenoxy) is 2. The minimum Gasteiger partial charge on any atom is -0.497 e. The monoisotopic (exact) mass is 369 g/mol. The van der Waals surface area contributed by atoms with E-state index in [-0.39, 0.29) is 0 Å². The standard InChI is InChI=1S/C18H19N5O2S/c1-3-25-15-9-7-14(8-10-15)17-20-21-18(26)23(17)22-19-12-13-5-4-6-16(11-13)24-2/h4-12,22H,3H2,1-2H3,(H,21,26)/b19-12-. The molecule has 8 heteroatoms. The molecule has 0 aliphatic rings. The molecule has 134 valence electrons. The molecule has 0 saturated heterocycles. The molecule has 1 heterocycles. The van der Waals surface area contributed by atoms with Crippen molar-refractivity contribution in [3.8, 4) is 22.9 Å². The molecule has 2 N–H and O–H groups in total. The predicted octanol–water partition coefficient (Wildman–Crippen LogP) is 3.59. The van der Waals surface area contributed by atoms with E-state index >= 15 is 0 Å². The number of aromatic nitrogens is 3. The Labute approximate surface area is 156 Å². The van der Waals surface area contributed by atoms with E-state index in [0.717, 1.165) is 22.6 Å². The van der Waals surface area contributed by atoms with E-state index < -0.39 is 0 Å². The molecule has 0 spiro atoms. The molecule has 0 radical (unpaired) electrons. The summed E-state index contributed by atoms with van der Waals surface area (Å²) in [5.41, 5.74) is 4.68. The van der Waals surface area contributed by atoms with Crippen LogP contribution in [0.15, 0.2) is 53.6 Å². The van der Waals surface area contributed by atoms with Gasteiger partial charge in [-0.3, -0.25) is 0 Å². The Balaban J connectivity index is 1.79. The average Bonchev–Trinajstić information content (AvgIpc) is 3.04. The Hall–Kier alpha value is -3.13. The van der Waals surface area contributed by atoms with Crippen LogP contribution in [0.2, 0.25) is 0 Å². The highest BCUT2D eigenvalue weighted by molar-refractivity contribution is 7.71. The Morgan fingerprint density at radius 1 is 1.23 bits per heavy atom. The van der Waals surface area contributed by atoms with Gasteiger partial charge in [-0.15, -0.1) is 0 Å². The van der Waals surface area contributed by atoms with Crippen LogP contribution in [-0.2, 0) is 0 Å². The first-order valence-electron chi connectivity index (χ1n) is 8.05. The summed E-state index contributed by atoms with van der Waals surface area (Å²) in [6.45, 7) is 2.57. The molecule has 0 unspecified atom stereocenters. The zero-order valence-electron chi connectivity index (χ0n) is 14.5. The molecule has 0 aliphatic heterocycles. The zero-order valence-corrected chi connectivity index (χ0v) is 15.3. The van der Waals surface area contributed by atoms with Gasteiger partial charge < -0.3 is 9.47 Å². The van der Waals surface area contributed by atoms with Gasteiger partial charge in [0.05, 0.1) is 19.9 Å². The minimum absolute atomic E-state index is 0.414. The number of benzene rings is 2. The highest BCUT2D eigenvalue weighted by atomic mass is 32.1. The van der Waals surface area contributed by atoms with E-state index in [1.807, 2.05) is 55.5 Å². The van der Waals surface area contributed by atoms with Gasteiger partial charge in [0.1, 0.15) is 11.5 Å². The quantitative estimate of drug-likeness (QED) is 0.378. The van der Waals surface area contributed by atoms with Gasteiger partial charge >= 0.3 is 0 Å². The summed E-state index contributed by atoms with van der Waals surface area (Å²) in [6, 6.07) is 15.2. The summed E-state index contributed by atoms with van der Waals surface area (Å²) in [7, 11) is 1.63. The normalized spacial score (nSPS) is 10.8. The Bertz CT molecular complexity index is 947. The number of rotatable bonds is 7. The van der Waals surface area contributed by atoms with Crippen LogP contribution in [0.4, 0.5) is 0 Å². The second-order valence-corrected chi connectivity index (χ2v) is 5.67. The molecule has 1 aromatic heterocycles. The number of nitrogens with one attached hydrogen (secondary N) is 2. The number of aromatic amines is 1. The third kappa shape index (κ3) is 4.09. The molecule has 0 saturated carbocycles. The summed E-state index contributed by atoms with van der Waals surface area (Å²) in [4.78, 5) is 0. The van der Waals surface area contributed by atoms with E-state index in [0.29, 0.717) is 17.2 Å². The number of hydrazone groups is 1. The Morgan fingerprint density at radius 2 is 2.04 bits per heavy atom. The molecule has 0 fully saturated rings. The lowest BCUT2D eigenvalue weighted by molar-refractivity contribution is 0.340. The van der Waals surface area contributed by atoms with Crippen molar-refractivity contribution < 1.29 is 9.47 Å². The maximum absolute atomic E-state index is 5.46. The lowest BCUT2D eigenvalue weighted by Crippen LogP contribution is -2.10. The molecule has 3 aromatic rings. The van der Waals surface area contributed by atoms with Gasteiger partial charge in [-0.25, -0.2) is 10.6 Å². The molecule has 0 atom stereocenters. The van der Waals surface area contributed by atoms with Crippen molar-refractivity contribution >= 4 is 18.4 Å². The SMILES string of the molecule is CCOc1ccc(-c2n[nH]c(=S)n2N/N=C\c2cccc(OC)c2)cc1. The number of methoxy groups -OCH3 is 1. The van der Waals surface area contributed by atoms with E-state index in [1.165, 1.54) is 0 Å². The van der Waals surface area contributed by atoms with Crippen molar-refractivity contribution in [2.24, 2.45) is 5.10 Å². The zero-order chi connectivity index (χ0) is 18.4. The maximum Gasteiger partial charge on any atom is 0.216 e. The van der Waals surface area contributed by atoms with Crippen LogP contribution < -0.4 is 15.0 Å². The summed E-state index contributed by atoms with van der Waals surface area (Å²) in [5.74, 6) is 2.20. The van der Waals surface area contributed by atoms with Crippen LogP contribution in [0.1, 0.15) is 12.5 Å². The predicted molar refractivity (Wildman–Crippen MR) is 104 cm³/mol. The lowest BCUT2D eigenvalue weighted by Gasteiger charge is -2.07. The van der Waals surface area contributed by atoms with E-state index in [4.69, 9.17) is 21.7 Å².